The zero-order valence-corrected chi connectivity index (χ0v) is 10.1. The molecule has 0 unspecified atom stereocenters. The normalized spacial score (nSPS) is 10.7. The first-order chi connectivity index (χ1) is 2.00. The van der Waals surface area contributed by atoms with Crippen molar-refractivity contribution in [3.63, 3.8) is 0 Å². The van der Waals surface area contributed by atoms with Gasteiger partial charge < -0.3 is 24.0 Å². The zero-order chi connectivity index (χ0) is 2.83. The Hall–Kier alpha value is 2.19. The Morgan fingerprint density at radius 1 is 1.33 bits per heavy atom. The Labute approximate surface area is 99.7 Å². The summed E-state index contributed by atoms with van der Waals surface area (Å²) in [7, 11) is 0.657. The molecule has 0 saturated heterocycles. The summed E-state index contributed by atoms with van der Waals surface area (Å²) in [6.07, 6.45) is 2.09. The van der Waals surface area contributed by atoms with Crippen LogP contribution in [0.1, 0.15) is 0 Å². The molecule has 1 rings (SSSR count). The van der Waals surface area contributed by atoms with Crippen molar-refractivity contribution >= 4 is 14.8 Å². The van der Waals surface area contributed by atoms with Gasteiger partial charge in [0, 0.05) is 9.13 Å². The molecule has 0 aromatic rings. The minimum Gasteiger partial charge on any atom is -1.00 e. The molecule has 0 saturated carbocycles. The fourth-order valence-electron chi connectivity index (χ4n) is 0.111. The van der Waals surface area contributed by atoms with Crippen molar-refractivity contribution in [3.05, 3.63) is 11.8 Å². The van der Waals surface area contributed by atoms with Crippen molar-refractivity contribution in [2.24, 2.45) is 0 Å². The number of hydrogen-bond acceptors (Lipinski definition) is 0. The Kier molecular flexibility index (Phi) is 13.3. The molecule has 3 heteroatoms. The van der Waals surface area contributed by atoms with Gasteiger partial charge in [0.2, 0.25) is 0 Å². The summed E-state index contributed by atoms with van der Waals surface area (Å²) in [6.45, 7) is 0. The molecular weight excluding hydrogens is 230 g/mol. The van der Waals surface area contributed by atoms with Crippen LogP contribution in [-0.4, -0.2) is 14.8 Å². The fraction of sp³-hybridized carbons (Fsp3) is 0. The first-order valence-corrected chi connectivity index (χ1v) is 2.67. The molecule has 1 heterocycles. The van der Waals surface area contributed by atoms with Crippen LogP contribution in [0.25, 0.3) is 0 Å². The standard InChI is InChI=1S/C3H4Si.HI.K/c1-2-4-3-1;;/h1-4H;1H;/q;;+1/p-1. The van der Waals surface area contributed by atoms with E-state index < -0.39 is 0 Å². The summed E-state index contributed by atoms with van der Waals surface area (Å²) >= 11 is 0. The van der Waals surface area contributed by atoms with E-state index in [1.54, 1.807) is 0 Å². The quantitative estimate of drug-likeness (QED) is 0.289. The van der Waals surface area contributed by atoms with Gasteiger partial charge in [-0.15, -0.1) is 0 Å². The van der Waals surface area contributed by atoms with Crippen molar-refractivity contribution in [3.8, 4) is 0 Å². The molecule has 0 bridgehead atoms. The Bertz CT molecular complexity index is 51.2. The number of rotatable bonds is 0. The van der Waals surface area contributed by atoms with Gasteiger partial charge in [-0.1, -0.05) is 17.4 Å². The van der Waals surface area contributed by atoms with Gasteiger partial charge in [0.05, 0.1) is 0 Å². The monoisotopic (exact) mass is 234 g/mol. The van der Waals surface area contributed by atoms with Crippen LogP contribution in [0.2, 0.25) is 0 Å². The van der Waals surface area contributed by atoms with E-state index in [4.69, 9.17) is 0 Å². The van der Waals surface area contributed by atoms with Gasteiger partial charge in [0.25, 0.3) is 0 Å². The molecule has 0 fully saturated rings. The summed E-state index contributed by atoms with van der Waals surface area (Å²) in [6, 6.07) is 0. The molecule has 0 N–H and O–H groups in total. The largest absolute Gasteiger partial charge is 1.00 e. The van der Waals surface area contributed by atoms with E-state index in [0.717, 1.165) is 0 Å². The van der Waals surface area contributed by atoms with Gasteiger partial charge in [0.15, 0.2) is 0 Å². The second-order valence-electron chi connectivity index (χ2n) is 0.770. The van der Waals surface area contributed by atoms with E-state index in [0.29, 0.717) is 9.13 Å². The molecule has 0 aromatic carbocycles. The van der Waals surface area contributed by atoms with Crippen LogP contribution in [-0.2, 0) is 0 Å². The minimum atomic E-state index is 0. The van der Waals surface area contributed by atoms with Gasteiger partial charge in [-0.3, -0.25) is 0 Å². The minimum absolute atomic E-state index is 0. The third-order valence-corrected chi connectivity index (χ3v) is 1.33. The molecule has 0 atom stereocenters. The average molecular weight is 234 g/mol. The maximum Gasteiger partial charge on any atom is 1.00 e. The first-order valence-electron chi connectivity index (χ1n) is 1.33. The topological polar surface area (TPSA) is 0 Å². The first kappa shape index (κ1) is 11.1. The van der Waals surface area contributed by atoms with Gasteiger partial charge in [-0.25, -0.2) is 0 Å². The van der Waals surface area contributed by atoms with E-state index in [9.17, 15) is 0 Å². The molecule has 0 amide bonds. The van der Waals surface area contributed by atoms with E-state index in [1.165, 1.54) is 0 Å². The zero-order valence-electron chi connectivity index (χ0n) is 3.69. The molecule has 0 spiro atoms. The summed E-state index contributed by atoms with van der Waals surface area (Å²) in [5.41, 5.74) is 4.42. The molecular formula is C3H4IKSi. The van der Waals surface area contributed by atoms with Crippen LogP contribution >= 0.6 is 0 Å². The Morgan fingerprint density at radius 2 is 1.50 bits per heavy atom. The smallest absolute Gasteiger partial charge is 1.00 e. The molecule has 0 nitrogen and oxygen atoms in total. The van der Waals surface area contributed by atoms with E-state index >= 15 is 0 Å². The Morgan fingerprint density at radius 3 is 1.50 bits per heavy atom. The second-order valence-corrected chi connectivity index (χ2v) is 1.92. The average Bonchev–Trinajstić information content (AvgIpc) is 0.722. The van der Waals surface area contributed by atoms with Crippen molar-refractivity contribution < 1.29 is 75.4 Å². The number of hydrogen-bond donors (Lipinski definition) is 0. The van der Waals surface area contributed by atoms with Gasteiger partial charge in [0.1, 0.15) is 0 Å². The SMILES string of the molecule is C1=C[SiH]=C1.[I-].[K+]. The van der Waals surface area contributed by atoms with Crippen molar-refractivity contribution in [1.82, 2.24) is 0 Å². The molecule has 0 radical (unpaired) electrons. The molecule has 1 aliphatic heterocycles. The van der Waals surface area contributed by atoms with Gasteiger partial charge in [-0.2, -0.15) is 0 Å². The van der Waals surface area contributed by atoms with Crippen LogP contribution in [0.4, 0.5) is 0 Å². The van der Waals surface area contributed by atoms with Gasteiger partial charge in [-0.05, 0) is 0 Å². The van der Waals surface area contributed by atoms with Crippen molar-refractivity contribution in [2.75, 3.05) is 0 Å². The summed E-state index contributed by atoms with van der Waals surface area (Å²) in [5, 5.41) is 0. The van der Waals surface area contributed by atoms with Crippen LogP contribution in [0.3, 0.4) is 0 Å². The van der Waals surface area contributed by atoms with Crippen LogP contribution in [0.5, 0.6) is 0 Å². The van der Waals surface area contributed by atoms with E-state index in [1.807, 2.05) is 0 Å². The maximum atomic E-state index is 2.21. The fourth-order valence-corrected chi connectivity index (χ4v) is 0.333. The number of allylic oxidation sites excluding steroid dienone is 1. The Balaban J connectivity index is 0. The van der Waals surface area contributed by atoms with Gasteiger partial charge >= 0.3 is 51.4 Å². The summed E-state index contributed by atoms with van der Waals surface area (Å²) in [5.74, 6) is 0. The summed E-state index contributed by atoms with van der Waals surface area (Å²) < 4.78 is 0. The van der Waals surface area contributed by atoms with Crippen LogP contribution < -0.4 is 75.4 Å². The van der Waals surface area contributed by atoms with Crippen LogP contribution in [0, 0.1) is 0 Å². The predicted octanol–water partition coefficient (Wildman–Crippen LogP) is -6.24. The maximum absolute atomic E-state index is 2.21. The third-order valence-electron chi connectivity index (χ3n) is 0.444. The molecule has 0 aliphatic carbocycles. The second kappa shape index (κ2) is 7.19. The molecule has 28 valence electrons. The van der Waals surface area contributed by atoms with Crippen molar-refractivity contribution in [2.45, 2.75) is 0 Å². The molecule has 6 heavy (non-hydrogen) atoms. The van der Waals surface area contributed by atoms with E-state index in [2.05, 4.69) is 17.4 Å². The third kappa shape index (κ3) is 4.35. The van der Waals surface area contributed by atoms with E-state index in [-0.39, 0.29) is 75.4 Å². The van der Waals surface area contributed by atoms with Crippen LogP contribution in [0.15, 0.2) is 11.8 Å². The van der Waals surface area contributed by atoms with Crippen molar-refractivity contribution in [1.29, 1.82) is 0 Å². The number of halogens is 1. The molecule has 1 aliphatic rings. The molecule has 0 aromatic heterocycles. The predicted molar refractivity (Wildman–Crippen MR) is 22.4 cm³/mol. The summed E-state index contributed by atoms with van der Waals surface area (Å²) in [4.78, 5) is 0.